The van der Waals surface area contributed by atoms with E-state index in [1.165, 1.54) is 12.8 Å². The second-order valence-electron chi connectivity index (χ2n) is 4.33. The molecule has 0 bridgehead atoms. The van der Waals surface area contributed by atoms with Gasteiger partial charge in [0.15, 0.2) is 0 Å². The molecule has 4 heteroatoms. The van der Waals surface area contributed by atoms with Crippen molar-refractivity contribution in [3.05, 3.63) is 0 Å². The number of ether oxygens (including phenoxy) is 1. The standard InChI is InChI=1S/C10H17NO2S/c12-9(7-10(8-14)1-2-10)11-3-5-13-6-4-11/h14H,1-8H2. The third kappa shape index (κ3) is 2.23. The molecule has 0 N–H and O–H groups in total. The minimum atomic E-state index is 0.249. The Morgan fingerprint density at radius 1 is 1.36 bits per heavy atom. The van der Waals surface area contributed by atoms with Crippen LogP contribution in [0.5, 0.6) is 0 Å². The van der Waals surface area contributed by atoms with Crippen molar-refractivity contribution in [1.29, 1.82) is 0 Å². The fraction of sp³-hybridized carbons (Fsp3) is 0.900. The van der Waals surface area contributed by atoms with Gasteiger partial charge < -0.3 is 9.64 Å². The van der Waals surface area contributed by atoms with Crippen molar-refractivity contribution < 1.29 is 9.53 Å². The monoisotopic (exact) mass is 215 g/mol. The second kappa shape index (κ2) is 4.11. The summed E-state index contributed by atoms with van der Waals surface area (Å²) in [4.78, 5) is 13.8. The van der Waals surface area contributed by atoms with Gasteiger partial charge in [-0.1, -0.05) is 0 Å². The zero-order valence-corrected chi connectivity index (χ0v) is 9.26. The van der Waals surface area contributed by atoms with E-state index in [-0.39, 0.29) is 5.41 Å². The molecule has 1 saturated heterocycles. The molecular formula is C10H17NO2S. The molecule has 80 valence electrons. The largest absolute Gasteiger partial charge is 0.378 e. The molecule has 1 saturated carbocycles. The van der Waals surface area contributed by atoms with Gasteiger partial charge in [-0.3, -0.25) is 4.79 Å². The van der Waals surface area contributed by atoms with Gasteiger partial charge in [-0.15, -0.1) is 0 Å². The number of hydrogen-bond donors (Lipinski definition) is 1. The van der Waals surface area contributed by atoms with Crippen LogP contribution in [0.1, 0.15) is 19.3 Å². The lowest BCUT2D eigenvalue weighted by Gasteiger charge is -2.28. The number of thiol groups is 1. The van der Waals surface area contributed by atoms with Crippen molar-refractivity contribution in [2.45, 2.75) is 19.3 Å². The predicted octanol–water partition coefficient (Wildman–Crippen LogP) is 0.945. The summed E-state index contributed by atoms with van der Waals surface area (Å²) in [5.74, 6) is 1.14. The van der Waals surface area contributed by atoms with E-state index < -0.39 is 0 Å². The highest BCUT2D eigenvalue weighted by Crippen LogP contribution is 2.49. The molecule has 2 aliphatic rings. The summed E-state index contributed by atoms with van der Waals surface area (Å²) < 4.78 is 5.21. The van der Waals surface area contributed by atoms with Crippen LogP contribution in [0.15, 0.2) is 0 Å². The van der Waals surface area contributed by atoms with E-state index in [0.717, 1.165) is 18.8 Å². The molecule has 2 fully saturated rings. The van der Waals surface area contributed by atoms with E-state index in [1.807, 2.05) is 4.90 Å². The molecule has 1 aliphatic heterocycles. The first-order valence-electron chi connectivity index (χ1n) is 5.22. The van der Waals surface area contributed by atoms with Crippen LogP contribution < -0.4 is 0 Å². The van der Waals surface area contributed by atoms with E-state index in [0.29, 0.717) is 25.5 Å². The lowest BCUT2D eigenvalue weighted by molar-refractivity contribution is -0.136. The summed E-state index contributed by atoms with van der Waals surface area (Å²) in [7, 11) is 0. The average Bonchev–Trinajstić information content (AvgIpc) is 3.00. The van der Waals surface area contributed by atoms with Gasteiger partial charge in [-0.2, -0.15) is 12.6 Å². The highest BCUT2D eigenvalue weighted by molar-refractivity contribution is 7.80. The van der Waals surface area contributed by atoms with Gasteiger partial charge in [0.05, 0.1) is 13.2 Å². The van der Waals surface area contributed by atoms with Crippen LogP contribution in [0.4, 0.5) is 0 Å². The third-order valence-corrected chi connectivity index (χ3v) is 3.85. The Morgan fingerprint density at radius 3 is 2.50 bits per heavy atom. The van der Waals surface area contributed by atoms with E-state index in [1.54, 1.807) is 0 Å². The van der Waals surface area contributed by atoms with Crippen molar-refractivity contribution in [2.75, 3.05) is 32.1 Å². The Balaban J connectivity index is 1.82. The fourth-order valence-corrected chi connectivity index (χ4v) is 2.24. The first kappa shape index (κ1) is 10.3. The van der Waals surface area contributed by atoms with Crippen molar-refractivity contribution >= 4 is 18.5 Å². The molecule has 0 spiro atoms. The summed E-state index contributed by atoms with van der Waals surface area (Å²) in [5.41, 5.74) is 0.249. The molecule has 0 unspecified atom stereocenters. The highest BCUT2D eigenvalue weighted by Gasteiger charge is 2.43. The number of hydrogen-bond acceptors (Lipinski definition) is 3. The molecule has 2 rings (SSSR count). The summed E-state index contributed by atoms with van der Waals surface area (Å²) in [6.45, 7) is 2.92. The maximum absolute atomic E-state index is 11.8. The number of carbonyl (C=O) groups excluding carboxylic acids is 1. The quantitative estimate of drug-likeness (QED) is 0.710. The molecule has 0 radical (unpaired) electrons. The number of morpholine rings is 1. The second-order valence-corrected chi connectivity index (χ2v) is 4.64. The van der Waals surface area contributed by atoms with Crippen LogP contribution in [0.2, 0.25) is 0 Å². The maximum atomic E-state index is 11.8. The van der Waals surface area contributed by atoms with Crippen LogP contribution >= 0.6 is 12.6 Å². The fourth-order valence-electron chi connectivity index (χ4n) is 1.81. The van der Waals surface area contributed by atoms with Gasteiger partial charge in [-0.05, 0) is 24.0 Å². The van der Waals surface area contributed by atoms with Gasteiger partial charge in [0.1, 0.15) is 0 Å². The molecule has 1 aliphatic carbocycles. The Hall–Kier alpha value is -0.220. The van der Waals surface area contributed by atoms with Crippen molar-refractivity contribution in [1.82, 2.24) is 4.90 Å². The predicted molar refractivity (Wildman–Crippen MR) is 57.5 cm³/mol. The lowest BCUT2D eigenvalue weighted by Crippen LogP contribution is -2.41. The third-order valence-electron chi connectivity index (χ3n) is 3.18. The summed E-state index contributed by atoms with van der Waals surface area (Å²) in [6.07, 6.45) is 3.04. The lowest BCUT2D eigenvalue weighted by atomic mass is 10.0. The summed E-state index contributed by atoms with van der Waals surface area (Å²) in [5, 5.41) is 0. The molecule has 0 aromatic carbocycles. The molecule has 0 atom stereocenters. The number of carbonyl (C=O) groups is 1. The molecule has 1 heterocycles. The summed E-state index contributed by atoms with van der Waals surface area (Å²) in [6, 6.07) is 0. The topological polar surface area (TPSA) is 29.5 Å². The minimum absolute atomic E-state index is 0.249. The maximum Gasteiger partial charge on any atom is 0.223 e. The average molecular weight is 215 g/mol. The number of rotatable bonds is 3. The normalized spacial score (nSPS) is 24.8. The Bertz CT molecular complexity index is 222. The van der Waals surface area contributed by atoms with Gasteiger partial charge in [0, 0.05) is 19.5 Å². The minimum Gasteiger partial charge on any atom is -0.378 e. The van der Waals surface area contributed by atoms with Crippen LogP contribution in [0.3, 0.4) is 0 Å². The van der Waals surface area contributed by atoms with E-state index in [2.05, 4.69) is 12.6 Å². The Kier molecular flexibility index (Phi) is 3.02. The zero-order chi connectivity index (χ0) is 10.0. The van der Waals surface area contributed by atoms with Crippen LogP contribution in [-0.2, 0) is 9.53 Å². The van der Waals surface area contributed by atoms with Gasteiger partial charge in [0.25, 0.3) is 0 Å². The number of amides is 1. The number of nitrogens with zero attached hydrogens (tertiary/aromatic N) is 1. The molecule has 3 nitrogen and oxygen atoms in total. The van der Waals surface area contributed by atoms with Crippen molar-refractivity contribution in [3.8, 4) is 0 Å². The first-order chi connectivity index (χ1) is 6.76. The van der Waals surface area contributed by atoms with E-state index in [9.17, 15) is 4.79 Å². The molecule has 0 aromatic rings. The Labute approximate surface area is 90.2 Å². The van der Waals surface area contributed by atoms with E-state index >= 15 is 0 Å². The molecule has 0 aromatic heterocycles. The zero-order valence-electron chi connectivity index (χ0n) is 8.37. The first-order valence-corrected chi connectivity index (χ1v) is 5.85. The van der Waals surface area contributed by atoms with E-state index in [4.69, 9.17) is 4.74 Å². The van der Waals surface area contributed by atoms with Gasteiger partial charge in [0.2, 0.25) is 5.91 Å². The molecule has 1 amide bonds. The summed E-state index contributed by atoms with van der Waals surface area (Å²) >= 11 is 4.31. The SMILES string of the molecule is O=C(CC1(CS)CC1)N1CCOCC1. The van der Waals surface area contributed by atoms with Gasteiger partial charge in [-0.25, -0.2) is 0 Å². The molecule has 14 heavy (non-hydrogen) atoms. The van der Waals surface area contributed by atoms with Crippen LogP contribution in [0.25, 0.3) is 0 Å². The van der Waals surface area contributed by atoms with Gasteiger partial charge >= 0.3 is 0 Å². The highest BCUT2D eigenvalue weighted by atomic mass is 32.1. The van der Waals surface area contributed by atoms with Crippen LogP contribution in [0, 0.1) is 5.41 Å². The smallest absolute Gasteiger partial charge is 0.223 e. The van der Waals surface area contributed by atoms with Crippen LogP contribution in [-0.4, -0.2) is 42.9 Å². The van der Waals surface area contributed by atoms with Crippen molar-refractivity contribution in [2.24, 2.45) is 5.41 Å². The van der Waals surface area contributed by atoms with Crippen molar-refractivity contribution in [3.63, 3.8) is 0 Å². The molecular weight excluding hydrogens is 198 g/mol. The Morgan fingerprint density at radius 2 is 2.00 bits per heavy atom.